The molecule has 7 nitrogen and oxygen atoms in total. The number of hydrogen-bond donors (Lipinski definition) is 0. The lowest BCUT2D eigenvalue weighted by molar-refractivity contribution is 0.0641. The summed E-state index contributed by atoms with van der Waals surface area (Å²) >= 11 is 0. The van der Waals surface area contributed by atoms with Gasteiger partial charge in [0.25, 0.3) is 0 Å². The van der Waals surface area contributed by atoms with Crippen LogP contribution in [0.1, 0.15) is 50.4 Å². The van der Waals surface area contributed by atoms with E-state index in [-0.39, 0.29) is 17.1 Å². The highest BCUT2D eigenvalue weighted by atomic mass is 32.2. The Labute approximate surface area is 172 Å². The average molecular weight is 420 g/mol. The van der Waals surface area contributed by atoms with Gasteiger partial charge < -0.3 is 9.26 Å². The number of benzene rings is 1. The minimum absolute atomic E-state index is 0.134. The number of nitrogens with zero attached hydrogens (tertiary/aromatic N) is 3. The lowest BCUT2D eigenvalue weighted by Crippen LogP contribution is -2.67. The summed E-state index contributed by atoms with van der Waals surface area (Å²) in [4.78, 5) is 6.81. The first kappa shape index (κ1) is 20.3. The van der Waals surface area contributed by atoms with Crippen LogP contribution in [0.4, 0.5) is 0 Å². The Morgan fingerprint density at radius 2 is 1.93 bits per heavy atom. The van der Waals surface area contributed by atoms with Crippen LogP contribution in [0.5, 0.6) is 5.75 Å². The number of sulfone groups is 1. The predicted octanol–water partition coefficient (Wildman–Crippen LogP) is 2.67. The summed E-state index contributed by atoms with van der Waals surface area (Å²) < 4.78 is 35.7. The van der Waals surface area contributed by atoms with Crippen molar-refractivity contribution in [2.75, 3.05) is 32.5 Å². The molecule has 29 heavy (non-hydrogen) atoms. The van der Waals surface area contributed by atoms with E-state index in [2.05, 4.69) is 35.8 Å². The molecule has 0 N–H and O–H groups in total. The lowest BCUT2D eigenvalue weighted by Gasteiger charge is -2.50. The molecule has 1 atom stereocenters. The first-order valence-electron chi connectivity index (χ1n) is 10.0. The van der Waals surface area contributed by atoms with Gasteiger partial charge in [-0.3, -0.25) is 4.90 Å². The minimum atomic E-state index is -3.18. The van der Waals surface area contributed by atoms with Crippen molar-refractivity contribution in [3.8, 4) is 5.75 Å². The van der Waals surface area contributed by atoms with E-state index in [4.69, 9.17) is 9.26 Å². The van der Waals surface area contributed by atoms with Crippen molar-refractivity contribution in [2.45, 2.75) is 44.3 Å². The van der Waals surface area contributed by atoms with E-state index in [1.165, 1.54) is 0 Å². The number of likely N-dealkylation sites (tertiary alicyclic amines) is 1. The predicted molar refractivity (Wildman–Crippen MR) is 110 cm³/mol. The van der Waals surface area contributed by atoms with E-state index >= 15 is 0 Å². The van der Waals surface area contributed by atoms with Crippen molar-refractivity contribution in [2.24, 2.45) is 5.41 Å². The SMILES string of the molecule is COc1ccc(Cc2noc(C3CCS(=O)(=O)C34CN(CC(C)(C)C)C4)n2)cc1. The quantitative estimate of drug-likeness (QED) is 0.736. The first-order chi connectivity index (χ1) is 13.6. The standard InChI is InChI=1S/C21H29N3O4S/c1-20(2,3)12-24-13-21(14-24)17(9-10-29(21,25)26)19-22-18(23-28-19)11-15-5-7-16(27-4)8-6-15/h5-8,17H,9-14H2,1-4H3. The summed E-state index contributed by atoms with van der Waals surface area (Å²) in [5, 5.41) is 4.12. The average Bonchev–Trinajstić information content (AvgIpc) is 3.16. The third kappa shape index (κ3) is 3.80. The Kier molecular flexibility index (Phi) is 4.98. The van der Waals surface area contributed by atoms with Crippen LogP contribution in [-0.4, -0.2) is 60.7 Å². The van der Waals surface area contributed by atoms with Crippen LogP contribution < -0.4 is 4.74 Å². The van der Waals surface area contributed by atoms with Crippen molar-refractivity contribution in [1.29, 1.82) is 0 Å². The number of ether oxygens (including phenoxy) is 1. The second kappa shape index (κ2) is 7.09. The molecule has 2 saturated heterocycles. The monoisotopic (exact) mass is 419 g/mol. The molecule has 1 aromatic heterocycles. The Hall–Kier alpha value is -1.93. The van der Waals surface area contributed by atoms with Gasteiger partial charge in [-0.1, -0.05) is 38.1 Å². The summed E-state index contributed by atoms with van der Waals surface area (Å²) in [6.07, 6.45) is 1.09. The molecule has 0 amide bonds. The largest absolute Gasteiger partial charge is 0.497 e. The van der Waals surface area contributed by atoms with E-state index in [1.807, 2.05) is 24.3 Å². The highest BCUT2D eigenvalue weighted by Crippen LogP contribution is 2.49. The molecule has 1 unspecified atom stereocenters. The molecule has 0 saturated carbocycles. The van der Waals surface area contributed by atoms with Crippen LogP contribution in [-0.2, 0) is 16.3 Å². The molecule has 1 spiro atoms. The van der Waals surface area contributed by atoms with Gasteiger partial charge in [0, 0.05) is 26.1 Å². The fraction of sp³-hybridized carbons (Fsp3) is 0.619. The lowest BCUT2D eigenvalue weighted by atomic mass is 9.81. The van der Waals surface area contributed by atoms with Crippen LogP contribution in [0.2, 0.25) is 0 Å². The second-order valence-corrected chi connectivity index (χ2v) is 12.0. The van der Waals surface area contributed by atoms with Gasteiger partial charge in [-0.15, -0.1) is 0 Å². The van der Waals surface area contributed by atoms with Gasteiger partial charge in [-0.25, -0.2) is 8.42 Å². The molecule has 158 valence electrons. The molecule has 1 aromatic carbocycles. The van der Waals surface area contributed by atoms with Crippen molar-refractivity contribution < 1.29 is 17.7 Å². The van der Waals surface area contributed by atoms with Crippen LogP contribution in [0.15, 0.2) is 28.8 Å². The maximum absolute atomic E-state index is 12.9. The van der Waals surface area contributed by atoms with Gasteiger partial charge in [0.2, 0.25) is 5.89 Å². The maximum atomic E-state index is 12.9. The van der Waals surface area contributed by atoms with E-state index in [0.29, 0.717) is 37.6 Å². The van der Waals surface area contributed by atoms with E-state index in [1.54, 1.807) is 7.11 Å². The smallest absolute Gasteiger partial charge is 0.231 e. The van der Waals surface area contributed by atoms with Gasteiger partial charge in [-0.05, 0) is 29.5 Å². The molecule has 0 aliphatic carbocycles. The topological polar surface area (TPSA) is 85.5 Å². The maximum Gasteiger partial charge on any atom is 0.231 e. The molecular formula is C21H29N3O4S. The normalized spacial score (nSPS) is 23.2. The Bertz CT molecular complexity index is 970. The molecule has 3 heterocycles. The molecule has 0 bridgehead atoms. The molecule has 2 aromatic rings. The highest BCUT2D eigenvalue weighted by Gasteiger charge is 2.63. The van der Waals surface area contributed by atoms with Gasteiger partial charge in [-0.2, -0.15) is 4.98 Å². The highest BCUT2D eigenvalue weighted by molar-refractivity contribution is 7.93. The van der Waals surface area contributed by atoms with Gasteiger partial charge >= 0.3 is 0 Å². The number of hydrogen-bond acceptors (Lipinski definition) is 7. The molecule has 2 aliphatic rings. The number of aromatic nitrogens is 2. The number of rotatable bonds is 5. The summed E-state index contributed by atoms with van der Waals surface area (Å²) in [6.45, 7) is 8.48. The fourth-order valence-corrected chi connectivity index (χ4v) is 6.98. The fourth-order valence-electron chi connectivity index (χ4n) is 4.62. The van der Waals surface area contributed by atoms with Crippen LogP contribution >= 0.6 is 0 Å². The van der Waals surface area contributed by atoms with Crippen LogP contribution in [0.3, 0.4) is 0 Å². The Morgan fingerprint density at radius 3 is 2.55 bits per heavy atom. The Balaban J connectivity index is 1.50. The molecule has 2 aliphatic heterocycles. The first-order valence-corrected chi connectivity index (χ1v) is 11.7. The summed E-state index contributed by atoms with van der Waals surface area (Å²) in [6, 6.07) is 7.72. The van der Waals surface area contributed by atoms with Gasteiger partial charge in [0.15, 0.2) is 15.7 Å². The zero-order valence-corrected chi connectivity index (χ0v) is 18.3. The summed E-state index contributed by atoms with van der Waals surface area (Å²) in [5.41, 5.74) is 1.18. The van der Waals surface area contributed by atoms with E-state index in [0.717, 1.165) is 17.9 Å². The third-order valence-electron chi connectivity index (χ3n) is 5.91. The number of methoxy groups -OCH3 is 1. The van der Waals surface area contributed by atoms with Gasteiger partial charge in [0.1, 0.15) is 10.5 Å². The van der Waals surface area contributed by atoms with Crippen molar-refractivity contribution in [1.82, 2.24) is 15.0 Å². The third-order valence-corrected chi connectivity index (χ3v) is 8.47. The van der Waals surface area contributed by atoms with E-state index in [9.17, 15) is 8.42 Å². The van der Waals surface area contributed by atoms with Crippen molar-refractivity contribution in [3.63, 3.8) is 0 Å². The molecule has 4 rings (SSSR count). The van der Waals surface area contributed by atoms with Crippen LogP contribution in [0.25, 0.3) is 0 Å². The molecule has 2 fully saturated rings. The zero-order valence-electron chi connectivity index (χ0n) is 17.5. The van der Waals surface area contributed by atoms with E-state index < -0.39 is 14.6 Å². The second-order valence-electron chi connectivity index (χ2n) is 9.50. The van der Waals surface area contributed by atoms with Crippen molar-refractivity contribution in [3.05, 3.63) is 41.5 Å². The minimum Gasteiger partial charge on any atom is -0.497 e. The summed E-state index contributed by atoms with van der Waals surface area (Å²) in [7, 11) is -1.54. The molecule has 8 heteroatoms. The van der Waals surface area contributed by atoms with Crippen LogP contribution in [0, 0.1) is 5.41 Å². The molecular weight excluding hydrogens is 390 g/mol. The molecule has 0 radical (unpaired) electrons. The van der Waals surface area contributed by atoms with Crippen molar-refractivity contribution >= 4 is 9.84 Å². The van der Waals surface area contributed by atoms with Gasteiger partial charge in [0.05, 0.1) is 18.8 Å². The Morgan fingerprint density at radius 1 is 1.24 bits per heavy atom. The zero-order chi connectivity index (χ0) is 20.9. The summed E-state index contributed by atoms with van der Waals surface area (Å²) in [5.74, 6) is 1.81.